The van der Waals surface area contributed by atoms with Crippen LogP contribution in [-0.4, -0.2) is 31.6 Å². The van der Waals surface area contributed by atoms with E-state index in [-0.39, 0.29) is 0 Å². The summed E-state index contributed by atoms with van der Waals surface area (Å²) in [4.78, 5) is 1.27. The van der Waals surface area contributed by atoms with Crippen molar-refractivity contribution in [2.24, 2.45) is 0 Å². The van der Waals surface area contributed by atoms with Crippen molar-refractivity contribution in [1.29, 1.82) is 0 Å². The first-order valence-corrected chi connectivity index (χ1v) is 22.8. The van der Waals surface area contributed by atoms with Crippen LogP contribution in [0.15, 0.2) is 6.07 Å². The van der Waals surface area contributed by atoms with Crippen molar-refractivity contribution in [3.8, 4) is 0 Å². The van der Waals surface area contributed by atoms with E-state index >= 15 is 0 Å². The fourth-order valence-corrected chi connectivity index (χ4v) is 30.0. The second-order valence-electron chi connectivity index (χ2n) is 9.03. The van der Waals surface area contributed by atoms with Crippen LogP contribution in [-0.2, 0) is 13.6 Å². The molecule has 1 heterocycles. The molecule has 0 aliphatic heterocycles. The molecule has 0 spiro atoms. The summed E-state index contributed by atoms with van der Waals surface area (Å²) in [6.45, 7) is 14.4. The molecule has 0 amide bonds. The molecule has 0 unspecified atom stereocenters. The van der Waals surface area contributed by atoms with Gasteiger partial charge in [-0.1, -0.05) is 0 Å². The van der Waals surface area contributed by atoms with E-state index in [1.54, 1.807) is 0 Å². The molecule has 0 aliphatic rings. The van der Waals surface area contributed by atoms with E-state index in [0.29, 0.717) is 13.2 Å². The molecule has 0 N–H and O–H groups in total. The van der Waals surface area contributed by atoms with Gasteiger partial charge in [0.25, 0.3) is 0 Å². The zero-order valence-electron chi connectivity index (χ0n) is 21.3. The van der Waals surface area contributed by atoms with Crippen molar-refractivity contribution in [3.05, 3.63) is 10.9 Å². The molecule has 182 valence electrons. The van der Waals surface area contributed by atoms with Crippen LogP contribution in [0.25, 0.3) is 0 Å². The molecule has 0 atom stereocenters. The predicted molar refractivity (Wildman–Crippen MR) is 143 cm³/mol. The average molecular weight is 579 g/mol. The van der Waals surface area contributed by atoms with Crippen molar-refractivity contribution in [1.82, 2.24) is 0 Å². The summed E-state index contributed by atoms with van der Waals surface area (Å²) in [5, 5.41) is 0.973. The van der Waals surface area contributed by atoms with Crippen LogP contribution >= 0.6 is 18.9 Å². The fourth-order valence-electron chi connectivity index (χ4n) is 4.18. The molecular weight excluding hydrogens is 530 g/mol. The van der Waals surface area contributed by atoms with E-state index in [0.717, 1.165) is 31.0 Å². The standard InChI is InChI=1S/C13H22O3PS.3C4H9.Sn/c1-4-6-8-15-17(14,16-9-7-5-2)13-10-12(3)18-11-13;3*1-3-4-2;/h10H,4-9H2,1-3H3;3*1,3-4H2,2H3;. The van der Waals surface area contributed by atoms with Gasteiger partial charge in [-0.05, 0) is 0 Å². The van der Waals surface area contributed by atoms with Gasteiger partial charge in [0, 0.05) is 0 Å². The molecule has 0 saturated heterocycles. The second kappa shape index (κ2) is 16.3. The summed E-state index contributed by atoms with van der Waals surface area (Å²) in [6, 6.07) is 2.17. The normalized spacial score (nSPS) is 12.6. The van der Waals surface area contributed by atoms with E-state index < -0.39 is 26.0 Å². The molecule has 1 rings (SSSR count). The Kier molecular flexibility index (Phi) is 15.6. The van der Waals surface area contributed by atoms with Crippen molar-refractivity contribution in [2.45, 2.75) is 119 Å². The molecule has 0 aliphatic carbocycles. The van der Waals surface area contributed by atoms with E-state index in [4.69, 9.17) is 9.05 Å². The number of hydrogen-bond acceptors (Lipinski definition) is 4. The summed E-state index contributed by atoms with van der Waals surface area (Å²) in [5.41, 5.74) is 0. The van der Waals surface area contributed by atoms with Crippen LogP contribution in [0.5, 0.6) is 0 Å². The van der Waals surface area contributed by atoms with Crippen molar-refractivity contribution in [3.63, 3.8) is 0 Å². The van der Waals surface area contributed by atoms with Crippen LogP contribution in [0.1, 0.15) is 104 Å². The minimum absolute atomic E-state index is 0.523. The molecule has 0 fully saturated rings. The van der Waals surface area contributed by atoms with Gasteiger partial charge in [-0.15, -0.1) is 0 Å². The zero-order valence-corrected chi connectivity index (χ0v) is 25.8. The summed E-state index contributed by atoms with van der Waals surface area (Å²) in [5.74, 6) is 0. The van der Waals surface area contributed by atoms with Gasteiger partial charge in [-0.25, -0.2) is 0 Å². The van der Waals surface area contributed by atoms with Gasteiger partial charge in [0.05, 0.1) is 0 Å². The minimum atomic E-state index is -3.28. The van der Waals surface area contributed by atoms with Gasteiger partial charge in [0.15, 0.2) is 0 Å². The molecule has 31 heavy (non-hydrogen) atoms. The number of rotatable bonds is 19. The van der Waals surface area contributed by atoms with Gasteiger partial charge in [-0.3, -0.25) is 0 Å². The Bertz CT molecular complexity index is 611. The first kappa shape index (κ1) is 29.7. The quantitative estimate of drug-likeness (QED) is 0.0936. The summed E-state index contributed by atoms with van der Waals surface area (Å²) < 4.78 is 32.2. The maximum absolute atomic E-state index is 14.3. The first-order valence-electron chi connectivity index (χ1n) is 12.9. The SMILES string of the molecule is CCCCOP(=O)(OCCCC)c1cc(C)s[c]1[Sn]([CH2]CCC)([CH2]CCC)[CH2]CCC. The number of thiophene rings is 1. The van der Waals surface area contributed by atoms with Crippen LogP contribution in [0.4, 0.5) is 0 Å². The molecule has 1 aromatic rings. The number of unbranched alkanes of at least 4 members (excludes halogenated alkanes) is 5. The summed E-state index contributed by atoms with van der Waals surface area (Å²) in [6.07, 6.45) is 11.6. The Morgan fingerprint density at radius 1 is 0.774 bits per heavy atom. The van der Waals surface area contributed by atoms with Crippen molar-refractivity contribution < 1.29 is 13.6 Å². The number of hydrogen-bond donors (Lipinski definition) is 0. The molecule has 0 aromatic carbocycles. The van der Waals surface area contributed by atoms with Crippen molar-refractivity contribution in [2.75, 3.05) is 13.2 Å². The van der Waals surface area contributed by atoms with E-state index in [1.807, 2.05) is 11.3 Å². The third kappa shape index (κ3) is 9.43. The molecule has 0 saturated carbocycles. The van der Waals surface area contributed by atoms with Gasteiger partial charge < -0.3 is 0 Å². The third-order valence-corrected chi connectivity index (χ3v) is 28.3. The van der Waals surface area contributed by atoms with E-state index in [2.05, 4.69) is 47.6 Å². The van der Waals surface area contributed by atoms with Gasteiger partial charge in [0.1, 0.15) is 0 Å². The van der Waals surface area contributed by atoms with Crippen LogP contribution < -0.4 is 8.20 Å². The Morgan fingerprint density at radius 2 is 1.19 bits per heavy atom. The fraction of sp³-hybridized carbons (Fsp3) is 0.840. The summed E-state index contributed by atoms with van der Waals surface area (Å²) in [7, 11) is -3.28. The molecule has 0 bridgehead atoms. The van der Waals surface area contributed by atoms with Gasteiger partial charge in [0.2, 0.25) is 0 Å². The molecular formula is C25H49O3PSSn. The molecule has 3 nitrogen and oxygen atoms in total. The maximum atomic E-state index is 14.3. The molecule has 0 radical (unpaired) electrons. The van der Waals surface area contributed by atoms with Crippen LogP contribution in [0.3, 0.4) is 0 Å². The van der Waals surface area contributed by atoms with E-state index in [9.17, 15) is 4.57 Å². The average Bonchev–Trinajstić information content (AvgIpc) is 3.17. The Labute approximate surface area is 201 Å². The van der Waals surface area contributed by atoms with Crippen LogP contribution in [0, 0.1) is 6.92 Å². The predicted octanol–water partition coefficient (Wildman–Crippen LogP) is 8.56. The topological polar surface area (TPSA) is 35.5 Å². The third-order valence-electron chi connectivity index (χ3n) is 6.16. The van der Waals surface area contributed by atoms with Gasteiger partial charge >= 0.3 is 202 Å². The Morgan fingerprint density at radius 3 is 1.58 bits per heavy atom. The second-order valence-corrected chi connectivity index (χ2v) is 26.3. The number of aryl methyl sites for hydroxylation is 1. The van der Waals surface area contributed by atoms with Gasteiger partial charge in [-0.2, -0.15) is 0 Å². The summed E-state index contributed by atoms with van der Waals surface area (Å²) >= 11 is -0.794. The first-order chi connectivity index (χ1) is 14.9. The molecule has 1 aromatic heterocycles. The Hall–Kier alpha value is 0.649. The zero-order chi connectivity index (χ0) is 23.2. The van der Waals surface area contributed by atoms with Crippen molar-refractivity contribution >= 4 is 45.5 Å². The van der Waals surface area contributed by atoms with E-state index in [1.165, 1.54) is 59.6 Å². The Balaban J connectivity index is 3.49. The molecule has 6 heteroatoms. The van der Waals surface area contributed by atoms with Crippen LogP contribution in [0.2, 0.25) is 13.3 Å². The monoisotopic (exact) mass is 580 g/mol.